The molecule has 0 spiro atoms. The van der Waals surface area contributed by atoms with Crippen LogP contribution >= 0.6 is 22.6 Å². The third kappa shape index (κ3) is 5.91. The number of aliphatic carboxylic acids is 1. The molecule has 0 aliphatic rings. The molecule has 1 rings (SSSR count). The van der Waals surface area contributed by atoms with Gasteiger partial charge in [0.25, 0.3) is 0 Å². The molecule has 5 nitrogen and oxygen atoms in total. The molecule has 1 unspecified atom stereocenters. The number of carbonyl (C=O) groups excluding carboxylic acids is 1. The summed E-state index contributed by atoms with van der Waals surface area (Å²) in [5.74, 6) is -0.909. The van der Waals surface area contributed by atoms with Gasteiger partial charge in [-0.3, -0.25) is 4.79 Å². The number of carbonyl (C=O) groups is 2. The smallest absolute Gasteiger partial charge is 0.319 e. The molecule has 3 N–H and O–H groups in total. The van der Waals surface area contributed by atoms with Crippen molar-refractivity contribution >= 4 is 40.3 Å². The SMILES string of the molecule is CCCC(CC(=O)O)NC(=O)Nc1ccccc1I. The summed E-state index contributed by atoms with van der Waals surface area (Å²) in [6.45, 7) is 1.95. The maximum atomic E-state index is 11.8. The number of hydrogen-bond donors (Lipinski definition) is 3. The Morgan fingerprint density at radius 1 is 1.37 bits per heavy atom. The molecule has 2 amide bonds. The number of anilines is 1. The van der Waals surface area contributed by atoms with Crippen LogP contribution in [0.3, 0.4) is 0 Å². The first kappa shape index (κ1) is 15.7. The van der Waals surface area contributed by atoms with E-state index in [-0.39, 0.29) is 18.5 Å². The molecule has 0 aliphatic carbocycles. The van der Waals surface area contributed by atoms with Crippen molar-refractivity contribution in [2.45, 2.75) is 32.2 Å². The monoisotopic (exact) mass is 376 g/mol. The Morgan fingerprint density at radius 2 is 2.05 bits per heavy atom. The molecule has 0 aromatic heterocycles. The van der Waals surface area contributed by atoms with Crippen LogP contribution in [0.4, 0.5) is 10.5 Å². The van der Waals surface area contributed by atoms with E-state index in [0.29, 0.717) is 12.1 Å². The lowest BCUT2D eigenvalue weighted by Crippen LogP contribution is -2.39. The molecule has 1 aromatic carbocycles. The summed E-state index contributed by atoms with van der Waals surface area (Å²) in [5.41, 5.74) is 0.714. The van der Waals surface area contributed by atoms with Crippen LogP contribution in [0.5, 0.6) is 0 Å². The van der Waals surface area contributed by atoms with Crippen molar-refractivity contribution in [2.24, 2.45) is 0 Å². The number of para-hydroxylation sites is 1. The van der Waals surface area contributed by atoms with E-state index in [9.17, 15) is 9.59 Å². The Balaban J connectivity index is 2.57. The number of urea groups is 1. The highest BCUT2D eigenvalue weighted by molar-refractivity contribution is 14.1. The molecule has 1 aromatic rings. The van der Waals surface area contributed by atoms with Gasteiger partial charge in [0.1, 0.15) is 0 Å². The summed E-state index contributed by atoms with van der Waals surface area (Å²) in [4.78, 5) is 22.5. The molecule has 0 saturated heterocycles. The number of carboxylic acid groups (broad SMARTS) is 1. The van der Waals surface area contributed by atoms with E-state index < -0.39 is 5.97 Å². The number of hydrogen-bond acceptors (Lipinski definition) is 2. The number of amides is 2. The summed E-state index contributed by atoms with van der Waals surface area (Å²) < 4.78 is 0.931. The van der Waals surface area contributed by atoms with Gasteiger partial charge in [0.15, 0.2) is 0 Å². The zero-order valence-electron chi connectivity index (χ0n) is 10.6. The zero-order chi connectivity index (χ0) is 14.3. The van der Waals surface area contributed by atoms with Crippen LogP contribution in [0.2, 0.25) is 0 Å². The lowest BCUT2D eigenvalue weighted by atomic mass is 10.1. The van der Waals surface area contributed by atoms with Gasteiger partial charge >= 0.3 is 12.0 Å². The fourth-order valence-electron chi connectivity index (χ4n) is 1.69. The molecule has 0 heterocycles. The van der Waals surface area contributed by atoms with Crippen LogP contribution in [-0.4, -0.2) is 23.1 Å². The van der Waals surface area contributed by atoms with Gasteiger partial charge in [-0.2, -0.15) is 0 Å². The van der Waals surface area contributed by atoms with Crippen molar-refractivity contribution < 1.29 is 14.7 Å². The molecular weight excluding hydrogens is 359 g/mol. The number of benzene rings is 1. The third-order valence-electron chi connectivity index (χ3n) is 2.52. The van der Waals surface area contributed by atoms with Gasteiger partial charge in [0.2, 0.25) is 0 Å². The number of carboxylic acids is 1. The highest BCUT2D eigenvalue weighted by atomic mass is 127. The quantitative estimate of drug-likeness (QED) is 0.668. The van der Waals surface area contributed by atoms with Gasteiger partial charge < -0.3 is 15.7 Å². The fraction of sp³-hybridized carbons (Fsp3) is 0.385. The van der Waals surface area contributed by atoms with Crippen LogP contribution in [0.25, 0.3) is 0 Å². The largest absolute Gasteiger partial charge is 0.481 e. The molecule has 104 valence electrons. The Morgan fingerprint density at radius 3 is 2.63 bits per heavy atom. The van der Waals surface area contributed by atoms with Crippen LogP contribution in [0, 0.1) is 3.57 Å². The lowest BCUT2D eigenvalue weighted by Gasteiger charge is -2.17. The minimum absolute atomic E-state index is 0.0624. The molecule has 0 saturated carbocycles. The number of rotatable bonds is 6. The topological polar surface area (TPSA) is 78.4 Å². The van der Waals surface area contributed by atoms with E-state index >= 15 is 0 Å². The molecular formula is C13H17IN2O3. The van der Waals surface area contributed by atoms with Crippen molar-refractivity contribution in [1.82, 2.24) is 5.32 Å². The first-order valence-electron chi connectivity index (χ1n) is 6.06. The van der Waals surface area contributed by atoms with E-state index in [1.807, 2.05) is 25.1 Å². The summed E-state index contributed by atoms with van der Waals surface area (Å²) in [7, 11) is 0. The van der Waals surface area contributed by atoms with E-state index in [0.717, 1.165) is 9.99 Å². The van der Waals surface area contributed by atoms with Crippen molar-refractivity contribution in [3.05, 3.63) is 27.8 Å². The second-order valence-corrected chi connectivity index (χ2v) is 5.32. The lowest BCUT2D eigenvalue weighted by molar-refractivity contribution is -0.137. The Bertz CT molecular complexity index is 451. The minimum atomic E-state index is -0.909. The second-order valence-electron chi connectivity index (χ2n) is 4.16. The van der Waals surface area contributed by atoms with Crippen LogP contribution in [-0.2, 0) is 4.79 Å². The first-order chi connectivity index (χ1) is 9.02. The Hall–Kier alpha value is -1.31. The number of halogens is 1. The molecule has 1 atom stereocenters. The highest BCUT2D eigenvalue weighted by Crippen LogP contribution is 2.16. The van der Waals surface area contributed by atoms with Crippen molar-refractivity contribution in [2.75, 3.05) is 5.32 Å². The van der Waals surface area contributed by atoms with Crippen molar-refractivity contribution in [3.63, 3.8) is 0 Å². The van der Waals surface area contributed by atoms with Crippen LogP contribution in [0.15, 0.2) is 24.3 Å². The van der Waals surface area contributed by atoms with Gasteiger partial charge in [-0.05, 0) is 41.1 Å². The maximum absolute atomic E-state index is 11.8. The summed E-state index contributed by atoms with van der Waals surface area (Å²) in [5, 5.41) is 14.2. The molecule has 0 radical (unpaired) electrons. The standard InChI is InChI=1S/C13H17IN2O3/c1-2-5-9(8-12(17)18)15-13(19)16-11-7-4-3-6-10(11)14/h3-4,6-7,9H,2,5,8H2,1H3,(H,17,18)(H2,15,16,19). The predicted octanol–water partition coefficient (Wildman–Crippen LogP) is 3.06. The predicted molar refractivity (Wildman–Crippen MR) is 82.3 cm³/mol. The molecule has 0 bridgehead atoms. The molecule has 19 heavy (non-hydrogen) atoms. The van der Waals surface area contributed by atoms with Gasteiger partial charge in [0.05, 0.1) is 12.1 Å². The van der Waals surface area contributed by atoms with Crippen LogP contribution in [0.1, 0.15) is 26.2 Å². The summed E-state index contributed by atoms with van der Waals surface area (Å²) >= 11 is 2.13. The van der Waals surface area contributed by atoms with Gasteiger partial charge in [0, 0.05) is 9.61 Å². The van der Waals surface area contributed by atoms with Crippen LogP contribution < -0.4 is 10.6 Å². The van der Waals surface area contributed by atoms with Gasteiger partial charge in [-0.25, -0.2) is 4.79 Å². The zero-order valence-corrected chi connectivity index (χ0v) is 12.8. The number of nitrogens with one attached hydrogen (secondary N) is 2. The van der Waals surface area contributed by atoms with E-state index in [1.54, 1.807) is 6.07 Å². The van der Waals surface area contributed by atoms with E-state index in [1.165, 1.54) is 0 Å². The molecule has 6 heteroatoms. The van der Waals surface area contributed by atoms with E-state index in [4.69, 9.17) is 5.11 Å². The minimum Gasteiger partial charge on any atom is -0.481 e. The molecule has 0 fully saturated rings. The van der Waals surface area contributed by atoms with Gasteiger partial charge in [-0.1, -0.05) is 25.5 Å². The normalized spacial score (nSPS) is 11.7. The van der Waals surface area contributed by atoms with Gasteiger partial charge in [-0.15, -0.1) is 0 Å². The second kappa shape index (κ2) is 7.98. The Labute approximate surface area is 125 Å². The highest BCUT2D eigenvalue weighted by Gasteiger charge is 2.15. The van der Waals surface area contributed by atoms with E-state index in [2.05, 4.69) is 33.2 Å². The summed E-state index contributed by atoms with van der Waals surface area (Å²) in [6.07, 6.45) is 1.40. The average molecular weight is 376 g/mol. The van der Waals surface area contributed by atoms with Crippen molar-refractivity contribution in [1.29, 1.82) is 0 Å². The fourth-order valence-corrected chi connectivity index (χ4v) is 2.21. The molecule has 0 aliphatic heterocycles. The summed E-state index contributed by atoms with van der Waals surface area (Å²) in [6, 6.07) is 6.69. The average Bonchev–Trinajstić information content (AvgIpc) is 2.31. The van der Waals surface area contributed by atoms with Crippen molar-refractivity contribution in [3.8, 4) is 0 Å². The third-order valence-corrected chi connectivity index (χ3v) is 3.46. The Kier molecular flexibility index (Phi) is 6.61. The first-order valence-corrected chi connectivity index (χ1v) is 7.14. The maximum Gasteiger partial charge on any atom is 0.319 e.